The Morgan fingerprint density at radius 2 is 1.72 bits per heavy atom. The van der Waals surface area contributed by atoms with Gasteiger partial charge in [0.25, 0.3) is 0 Å². The molecule has 2 aromatic carbocycles. The molecule has 0 bridgehead atoms. The zero-order valence-corrected chi connectivity index (χ0v) is 15.5. The van der Waals surface area contributed by atoms with Crippen LogP contribution >= 0.6 is 15.9 Å². The molecule has 6 heteroatoms. The summed E-state index contributed by atoms with van der Waals surface area (Å²) in [6, 6.07) is 16.3. The smallest absolute Gasteiger partial charge is 0.407 e. The highest BCUT2D eigenvalue weighted by Gasteiger charge is 2.20. The number of carbonyl (C=O) groups excluding carboxylic acids is 2. The molecule has 0 radical (unpaired) electrons. The van der Waals surface area contributed by atoms with Gasteiger partial charge in [-0.15, -0.1) is 0 Å². The topological polar surface area (TPSA) is 64.6 Å². The molecule has 0 saturated carbocycles. The molecule has 0 aliphatic rings. The van der Waals surface area contributed by atoms with Gasteiger partial charge in [0, 0.05) is 4.47 Å². The highest BCUT2D eigenvalue weighted by atomic mass is 79.9. The lowest BCUT2D eigenvalue weighted by atomic mass is 10.0. The largest absolute Gasteiger partial charge is 0.466 e. The lowest BCUT2D eigenvalue weighted by Crippen LogP contribution is -2.31. The van der Waals surface area contributed by atoms with Crippen LogP contribution in [0, 0.1) is 0 Å². The van der Waals surface area contributed by atoms with Crippen LogP contribution in [-0.4, -0.2) is 18.7 Å². The van der Waals surface area contributed by atoms with E-state index in [2.05, 4.69) is 21.2 Å². The molecule has 2 aromatic rings. The molecular weight excluding hydrogens is 386 g/mol. The monoisotopic (exact) mass is 405 g/mol. The second kappa shape index (κ2) is 9.84. The van der Waals surface area contributed by atoms with Gasteiger partial charge >= 0.3 is 12.1 Å². The molecule has 5 nitrogen and oxygen atoms in total. The molecule has 0 spiro atoms. The van der Waals surface area contributed by atoms with Gasteiger partial charge in [-0.25, -0.2) is 4.79 Å². The van der Waals surface area contributed by atoms with Gasteiger partial charge in [0.05, 0.1) is 19.1 Å². The summed E-state index contributed by atoms with van der Waals surface area (Å²) in [5.74, 6) is -0.376. The van der Waals surface area contributed by atoms with Gasteiger partial charge in [-0.05, 0) is 30.2 Å². The quantitative estimate of drug-likeness (QED) is 0.694. The van der Waals surface area contributed by atoms with Crippen LogP contribution in [0.4, 0.5) is 4.79 Å². The first-order chi connectivity index (χ1) is 12.1. The highest BCUT2D eigenvalue weighted by Crippen LogP contribution is 2.20. The molecule has 0 aliphatic heterocycles. The third kappa shape index (κ3) is 6.58. The van der Waals surface area contributed by atoms with Crippen LogP contribution in [0.25, 0.3) is 0 Å². The van der Waals surface area contributed by atoms with E-state index in [-0.39, 0.29) is 19.0 Å². The molecule has 0 fully saturated rings. The maximum Gasteiger partial charge on any atom is 0.407 e. The van der Waals surface area contributed by atoms with Gasteiger partial charge in [-0.2, -0.15) is 0 Å². The molecule has 132 valence electrons. The Hall–Kier alpha value is -2.34. The number of rotatable bonds is 7. The first-order valence-electron chi connectivity index (χ1n) is 7.96. The predicted octanol–water partition coefficient (Wildman–Crippen LogP) is 4.37. The fourth-order valence-corrected chi connectivity index (χ4v) is 2.51. The van der Waals surface area contributed by atoms with E-state index >= 15 is 0 Å². The summed E-state index contributed by atoms with van der Waals surface area (Å²) >= 11 is 3.37. The van der Waals surface area contributed by atoms with E-state index < -0.39 is 12.1 Å². The van der Waals surface area contributed by atoms with Crippen LogP contribution < -0.4 is 5.32 Å². The summed E-state index contributed by atoms with van der Waals surface area (Å²) in [6.45, 7) is 2.21. The Morgan fingerprint density at radius 1 is 1.04 bits per heavy atom. The number of alkyl carbamates (subject to hydrolysis) is 1. The molecule has 0 saturated heterocycles. The van der Waals surface area contributed by atoms with Crippen molar-refractivity contribution >= 4 is 28.0 Å². The number of halogens is 1. The number of amides is 1. The van der Waals surface area contributed by atoms with E-state index in [0.717, 1.165) is 15.6 Å². The average molecular weight is 406 g/mol. The zero-order valence-electron chi connectivity index (χ0n) is 13.9. The van der Waals surface area contributed by atoms with Crippen molar-refractivity contribution < 1.29 is 19.1 Å². The second-order valence-corrected chi connectivity index (χ2v) is 6.24. The van der Waals surface area contributed by atoms with Crippen molar-refractivity contribution in [3.8, 4) is 0 Å². The van der Waals surface area contributed by atoms with Gasteiger partial charge in [-0.1, -0.05) is 58.4 Å². The van der Waals surface area contributed by atoms with Gasteiger partial charge in [0.15, 0.2) is 0 Å². The van der Waals surface area contributed by atoms with Crippen LogP contribution in [0.15, 0.2) is 59.1 Å². The van der Waals surface area contributed by atoms with E-state index in [9.17, 15) is 9.59 Å². The predicted molar refractivity (Wildman–Crippen MR) is 97.9 cm³/mol. The van der Waals surface area contributed by atoms with E-state index in [1.165, 1.54) is 0 Å². The van der Waals surface area contributed by atoms with Crippen molar-refractivity contribution in [2.75, 3.05) is 6.61 Å². The molecule has 25 heavy (non-hydrogen) atoms. The Kier molecular flexibility index (Phi) is 7.47. The zero-order chi connectivity index (χ0) is 18.1. The number of hydrogen-bond acceptors (Lipinski definition) is 4. The second-order valence-electron chi connectivity index (χ2n) is 5.32. The number of carbonyl (C=O) groups is 2. The molecule has 0 unspecified atom stereocenters. The molecule has 2 rings (SSSR count). The standard InChI is InChI=1S/C19H20BrNO4/c1-2-24-18(22)12-17(15-8-10-16(20)11-9-15)21-19(23)25-13-14-6-4-3-5-7-14/h3-11,17H,2,12-13H2,1H3,(H,21,23)/t17-/m0/s1. The summed E-state index contributed by atoms with van der Waals surface area (Å²) in [6.07, 6.45) is -0.545. The lowest BCUT2D eigenvalue weighted by Gasteiger charge is -2.18. The molecule has 1 N–H and O–H groups in total. The van der Waals surface area contributed by atoms with E-state index in [4.69, 9.17) is 9.47 Å². The molecule has 1 atom stereocenters. The normalized spacial score (nSPS) is 11.4. The average Bonchev–Trinajstić information content (AvgIpc) is 2.61. The van der Waals surface area contributed by atoms with E-state index in [1.54, 1.807) is 6.92 Å². The van der Waals surface area contributed by atoms with E-state index in [1.807, 2.05) is 54.6 Å². The molecule has 1 amide bonds. The van der Waals surface area contributed by atoms with Crippen LogP contribution in [-0.2, 0) is 20.9 Å². The van der Waals surface area contributed by atoms with Crippen LogP contribution in [0.5, 0.6) is 0 Å². The highest BCUT2D eigenvalue weighted by molar-refractivity contribution is 9.10. The van der Waals surface area contributed by atoms with Crippen molar-refractivity contribution in [3.05, 3.63) is 70.2 Å². The van der Waals surface area contributed by atoms with Gasteiger partial charge in [0.2, 0.25) is 0 Å². The van der Waals surface area contributed by atoms with Gasteiger partial charge in [0.1, 0.15) is 6.61 Å². The summed E-state index contributed by atoms with van der Waals surface area (Å²) in [4.78, 5) is 23.9. The third-order valence-electron chi connectivity index (χ3n) is 3.45. The first kappa shape index (κ1) is 19.0. The Labute approximate surface area is 155 Å². The number of esters is 1. The van der Waals surface area contributed by atoms with Crippen LogP contribution in [0.3, 0.4) is 0 Å². The maximum atomic E-state index is 12.1. The maximum absolute atomic E-state index is 12.1. The summed E-state index contributed by atoms with van der Waals surface area (Å²) in [7, 11) is 0. The fraction of sp³-hybridized carbons (Fsp3) is 0.263. The minimum Gasteiger partial charge on any atom is -0.466 e. The minimum absolute atomic E-state index is 0.0376. The Morgan fingerprint density at radius 3 is 2.36 bits per heavy atom. The SMILES string of the molecule is CCOC(=O)C[C@H](NC(=O)OCc1ccccc1)c1ccc(Br)cc1. The summed E-state index contributed by atoms with van der Waals surface area (Å²) in [5, 5.41) is 2.74. The lowest BCUT2D eigenvalue weighted by molar-refractivity contribution is -0.143. The van der Waals surface area contributed by atoms with Crippen molar-refractivity contribution in [3.63, 3.8) is 0 Å². The van der Waals surface area contributed by atoms with Crippen molar-refractivity contribution in [2.45, 2.75) is 26.0 Å². The molecular formula is C19H20BrNO4. The summed E-state index contributed by atoms with van der Waals surface area (Å²) in [5.41, 5.74) is 1.69. The molecule has 0 heterocycles. The van der Waals surface area contributed by atoms with Gasteiger partial charge < -0.3 is 14.8 Å². The van der Waals surface area contributed by atoms with E-state index in [0.29, 0.717) is 6.61 Å². The first-order valence-corrected chi connectivity index (χ1v) is 8.76. The van der Waals surface area contributed by atoms with Crippen molar-refractivity contribution in [2.24, 2.45) is 0 Å². The Bertz CT molecular complexity index is 688. The van der Waals surface area contributed by atoms with Crippen molar-refractivity contribution in [1.82, 2.24) is 5.32 Å². The molecule has 0 aliphatic carbocycles. The number of nitrogens with one attached hydrogen (secondary N) is 1. The number of benzene rings is 2. The Balaban J connectivity index is 2.00. The number of hydrogen-bond donors (Lipinski definition) is 1. The van der Waals surface area contributed by atoms with Crippen LogP contribution in [0.2, 0.25) is 0 Å². The fourth-order valence-electron chi connectivity index (χ4n) is 2.24. The van der Waals surface area contributed by atoms with Crippen LogP contribution in [0.1, 0.15) is 30.5 Å². The number of ether oxygens (including phenoxy) is 2. The molecule has 0 aromatic heterocycles. The minimum atomic E-state index is -0.582. The van der Waals surface area contributed by atoms with Crippen molar-refractivity contribution in [1.29, 1.82) is 0 Å². The summed E-state index contributed by atoms with van der Waals surface area (Å²) < 4.78 is 11.1. The third-order valence-corrected chi connectivity index (χ3v) is 3.98. The van der Waals surface area contributed by atoms with Gasteiger partial charge in [-0.3, -0.25) is 4.79 Å².